The van der Waals surface area contributed by atoms with Gasteiger partial charge in [-0.25, -0.2) is 0 Å². The van der Waals surface area contributed by atoms with Crippen LogP contribution in [0, 0.1) is 0 Å². The van der Waals surface area contributed by atoms with Crippen molar-refractivity contribution in [1.29, 1.82) is 0 Å². The summed E-state index contributed by atoms with van der Waals surface area (Å²) >= 11 is 0. The average Bonchev–Trinajstić information content (AvgIpc) is 2.27. The fraction of sp³-hybridized carbons (Fsp3) is 0.571. The number of phenolic OH excluding ortho intramolecular Hbond substituents is 2. The first kappa shape index (κ1) is 13.2. The van der Waals surface area contributed by atoms with Crippen molar-refractivity contribution in [3.05, 3.63) is 23.8 Å². The van der Waals surface area contributed by atoms with Gasteiger partial charge in [0.2, 0.25) is 0 Å². The zero-order valence-electron chi connectivity index (χ0n) is 11.3. The minimum atomic E-state index is -0.0108. The van der Waals surface area contributed by atoms with E-state index in [1.54, 1.807) is 18.2 Å². The molecule has 0 bridgehead atoms. The molecule has 4 nitrogen and oxygen atoms in total. The van der Waals surface area contributed by atoms with Crippen molar-refractivity contribution in [2.75, 3.05) is 19.6 Å². The molecule has 1 aromatic rings. The van der Waals surface area contributed by atoms with E-state index in [9.17, 15) is 10.2 Å². The van der Waals surface area contributed by atoms with Crippen LogP contribution in [0.2, 0.25) is 0 Å². The molecule has 2 rings (SSSR count). The van der Waals surface area contributed by atoms with E-state index < -0.39 is 0 Å². The van der Waals surface area contributed by atoms with Crippen LogP contribution in [0.3, 0.4) is 0 Å². The summed E-state index contributed by atoms with van der Waals surface area (Å²) in [6.07, 6.45) is 0. The highest BCUT2D eigenvalue weighted by atomic mass is 16.3. The second-order valence-electron chi connectivity index (χ2n) is 5.57. The van der Waals surface area contributed by atoms with Crippen molar-refractivity contribution >= 4 is 0 Å². The van der Waals surface area contributed by atoms with Gasteiger partial charge in [0.15, 0.2) is 0 Å². The van der Waals surface area contributed by atoms with Crippen LogP contribution < -0.4 is 5.32 Å². The van der Waals surface area contributed by atoms with Crippen LogP contribution in [-0.2, 0) is 0 Å². The van der Waals surface area contributed by atoms with Gasteiger partial charge >= 0.3 is 0 Å². The number of benzene rings is 1. The Bertz CT molecular complexity index is 412. The lowest BCUT2D eigenvalue weighted by atomic mass is 9.94. The number of aromatic hydroxyl groups is 2. The maximum Gasteiger partial charge on any atom is 0.124 e. The Kier molecular flexibility index (Phi) is 3.50. The smallest absolute Gasteiger partial charge is 0.124 e. The van der Waals surface area contributed by atoms with E-state index in [0.717, 1.165) is 19.6 Å². The molecule has 1 heterocycles. The van der Waals surface area contributed by atoms with E-state index in [1.807, 2.05) is 6.92 Å². The maximum atomic E-state index is 9.96. The summed E-state index contributed by atoms with van der Waals surface area (Å²) in [5.41, 5.74) is 0.624. The largest absolute Gasteiger partial charge is 0.507 e. The van der Waals surface area contributed by atoms with Gasteiger partial charge in [-0.15, -0.1) is 0 Å². The molecular weight excluding hydrogens is 228 g/mol. The van der Waals surface area contributed by atoms with E-state index in [1.165, 1.54) is 0 Å². The SMILES string of the molecule is CC(c1c(O)cccc1O)N1CCNCC1(C)C. The van der Waals surface area contributed by atoms with Crippen molar-refractivity contribution in [3.63, 3.8) is 0 Å². The van der Waals surface area contributed by atoms with Crippen molar-refractivity contribution < 1.29 is 10.2 Å². The van der Waals surface area contributed by atoms with Crippen LogP contribution in [0.25, 0.3) is 0 Å². The summed E-state index contributed by atoms with van der Waals surface area (Å²) in [7, 11) is 0. The van der Waals surface area contributed by atoms with Gasteiger partial charge in [-0.3, -0.25) is 4.90 Å². The van der Waals surface area contributed by atoms with Crippen LogP contribution in [0.4, 0.5) is 0 Å². The molecule has 0 aliphatic carbocycles. The van der Waals surface area contributed by atoms with Crippen LogP contribution in [0.5, 0.6) is 11.5 Å². The lowest BCUT2D eigenvalue weighted by Crippen LogP contribution is -2.58. The summed E-state index contributed by atoms with van der Waals surface area (Å²) in [4.78, 5) is 2.32. The first-order chi connectivity index (χ1) is 8.43. The number of hydrogen-bond acceptors (Lipinski definition) is 4. The molecule has 1 aliphatic heterocycles. The zero-order valence-corrected chi connectivity index (χ0v) is 11.3. The average molecular weight is 250 g/mol. The lowest BCUT2D eigenvalue weighted by molar-refractivity contribution is 0.0498. The summed E-state index contributed by atoms with van der Waals surface area (Å²) in [6, 6.07) is 4.90. The monoisotopic (exact) mass is 250 g/mol. The standard InChI is InChI=1S/C14H22N2O2/c1-10(13-11(17)5-4-6-12(13)18)16-8-7-15-9-14(16,2)3/h4-6,10,15,17-18H,7-9H2,1-3H3. The Morgan fingerprint density at radius 3 is 2.44 bits per heavy atom. The molecule has 100 valence electrons. The van der Waals surface area contributed by atoms with Crippen LogP contribution in [0.1, 0.15) is 32.4 Å². The number of nitrogens with one attached hydrogen (secondary N) is 1. The lowest BCUT2D eigenvalue weighted by Gasteiger charge is -2.46. The first-order valence-electron chi connectivity index (χ1n) is 6.42. The fourth-order valence-electron chi connectivity index (χ4n) is 2.84. The third kappa shape index (κ3) is 2.31. The predicted molar refractivity (Wildman–Crippen MR) is 71.8 cm³/mol. The van der Waals surface area contributed by atoms with Gasteiger partial charge < -0.3 is 15.5 Å². The van der Waals surface area contributed by atoms with Gasteiger partial charge in [0.05, 0.1) is 5.56 Å². The van der Waals surface area contributed by atoms with Crippen molar-refractivity contribution in [2.45, 2.75) is 32.4 Å². The molecule has 0 aromatic heterocycles. The molecule has 1 saturated heterocycles. The highest BCUT2D eigenvalue weighted by Gasteiger charge is 2.35. The van der Waals surface area contributed by atoms with Crippen LogP contribution >= 0.6 is 0 Å². The summed E-state index contributed by atoms with van der Waals surface area (Å²) < 4.78 is 0. The third-order valence-electron chi connectivity index (χ3n) is 3.81. The topological polar surface area (TPSA) is 55.7 Å². The number of rotatable bonds is 2. The normalized spacial score (nSPS) is 21.7. The molecule has 4 heteroatoms. The molecule has 0 radical (unpaired) electrons. The predicted octanol–water partition coefficient (Wildman–Crippen LogP) is 1.84. The molecule has 1 unspecified atom stereocenters. The number of phenols is 2. The quantitative estimate of drug-likeness (QED) is 0.749. The van der Waals surface area contributed by atoms with Gasteiger partial charge in [0.25, 0.3) is 0 Å². The molecular formula is C14H22N2O2. The van der Waals surface area contributed by atoms with E-state index in [-0.39, 0.29) is 23.1 Å². The van der Waals surface area contributed by atoms with Gasteiger partial charge in [0, 0.05) is 31.2 Å². The van der Waals surface area contributed by atoms with Gasteiger partial charge in [-0.05, 0) is 32.9 Å². The summed E-state index contributed by atoms with van der Waals surface area (Å²) in [5, 5.41) is 23.3. The fourth-order valence-corrected chi connectivity index (χ4v) is 2.84. The molecule has 18 heavy (non-hydrogen) atoms. The zero-order chi connectivity index (χ0) is 13.3. The van der Waals surface area contributed by atoms with Gasteiger partial charge in [-0.1, -0.05) is 6.07 Å². The van der Waals surface area contributed by atoms with Crippen molar-refractivity contribution in [2.24, 2.45) is 0 Å². The highest BCUT2D eigenvalue weighted by Crippen LogP contribution is 2.38. The van der Waals surface area contributed by atoms with E-state index >= 15 is 0 Å². The molecule has 0 spiro atoms. The Labute approximate surface area is 108 Å². The number of nitrogens with zero attached hydrogens (tertiary/aromatic N) is 1. The Morgan fingerprint density at radius 2 is 1.89 bits per heavy atom. The number of hydrogen-bond donors (Lipinski definition) is 3. The van der Waals surface area contributed by atoms with E-state index in [2.05, 4.69) is 24.1 Å². The first-order valence-corrected chi connectivity index (χ1v) is 6.42. The Balaban J connectivity index is 2.33. The second kappa shape index (κ2) is 4.78. The Morgan fingerprint density at radius 1 is 1.28 bits per heavy atom. The van der Waals surface area contributed by atoms with Crippen molar-refractivity contribution in [3.8, 4) is 11.5 Å². The molecule has 1 fully saturated rings. The number of piperazine rings is 1. The minimum Gasteiger partial charge on any atom is -0.507 e. The summed E-state index contributed by atoms with van der Waals surface area (Å²) in [5.74, 6) is 0.327. The van der Waals surface area contributed by atoms with E-state index in [4.69, 9.17) is 0 Å². The minimum absolute atomic E-state index is 0.00634. The molecule has 1 aliphatic rings. The molecule has 0 saturated carbocycles. The van der Waals surface area contributed by atoms with Gasteiger partial charge in [0.1, 0.15) is 11.5 Å². The van der Waals surface area contributed by atoms with Crippen molar-refractivity contribution in [1.82, 2.24) is 10.2 Å². The second-order valence-corrected chi connectivity index (χ2v) is 5.57. The Hall–Kier alpha value is -1.26. The molecule has 1 aromatic carbocycles. The molecule has 0 amide bonds. The molecule has 1 atom stereocenters. The van der Waals surface area contributed by atoms with Crippen LogP contribution in [-0.4, -0.2) is 40.3 Å². The maximum absolute atomic E-state index is 9.96. The molecule has 3 N–H and O–H groups in total. The van der Waals surface area contributed by atoms with Crippen LogP contribution in [0.15, 0.2) is 18.2 Å². The van der Waals surface area contributed by atoms with Gasteiger partial charge in [-0.2, -0.15) is 0 Å². The third-order valence-corrected chi connectivity index (χ3v) is 3.81. The highest BCUT2D eigenvalue weighted by molar-refractivity contribution is 5.45. The summed E-state index contributed by atoms with van der Waals surface area (Å²) in [6.45, 7) is 9.12. The van der Waals surface area contributed by atoms with E-state index in [0.29, 0.717) is 5.56 Å².